The third kappa shape index (κ3) is 4.11. The van der Waals surface area contributed by atoms with Crippen LogP contribution in [0.4, 0.5) is 0 Å². The molecule has 0 aliphatic carbocycles. The van der Waals surface area contributed by atoms with Crippen LogP contribution in [0.25, 0.3) is 11.0 Å². The van der Waals surface area contributed by atoms with Crippen LogP contribution in [-0.2, 0) is 12.0 Å². The van der Waals surface area contributed by atoms with Crippen LogP contribution in [0.3, 0.4) is 0 Å². The van der Waals surface area contributed by atoms with Crippen molar-refractivity contribution in [1.29, 1.82) is 0 Å². The molecular weight excluding hydrogens is 340 g/mol. The number of hydrogen-bond acceptors (Lipinski definition) is 4. The van der Waals surface area contributed by atoms with Gasteiger partial charge in [0.1, 0.15) is 16.9 Å². The summed E-state index contributed by atoms with van der Waals surface area (Å²) in [5.41, 5.74) is 3.00. The number of aromatic amines is 1. The lowest BCUT2D eigenvalue weighted by atomic mass is 9.86. The number of aliphatic hydroxyl groups is 1. The van der Waals surface area contributed by atoms with Crippen LogP contribution < -0.4 is 5.56 Å². The predicted molar refractivity (Wildman–Crippen MR) is 109 cm³/mol. The van der Waals surface area contributed by atoms with Crippen molar-refractivity contribution in [2.75, 3.05) is 0 Å². The van der Waals surface area contributed by atoms with Gasteiger partial charge in [-0.05, 0) is 30.4 Å². The summed E-state index contributed by atoms with van der Waals surface area (Å²) in [6.07, 6.45) is 0. The van der Waals surface area contributed by atoms with Crippen LogP contribution in [0.5, 0.6) is 0 Å². The smallest absolute Gasteiger partial charge is 0.262 e. The zero-order valence-corrected chi connectivity index (χ0v) is 17.3. The minimum Gasteiger partial charge on any atom is -0.390 e. The molecule has 0 bridgehead atoms. The third-order valence-electron chi connectivity index (χ3n) is 4.53. The number of rotatable bonds is 3. The third-order valence-corrected chi connectivity index (χ3v) is 4.53. The maximum atomic E-state index is 12.2. The summed E-state index contributed by atoms with van der Waals surface area (Å²) >= 11 is 0. The number of aryl methyl sites for hydroxylation is 1. The normalized spacial score (nSPS) is 12.6. The highest BCUT2D eigenvalue weighted by molar-refractivity contribution is 5.77. The van der Waals surface area contributed by atoms with E-state index in [1.165, 1.54) is 5.56 Å². The van der Waals surface area contributed by atoms with E-state index in [4.69, 9.17) is 0 Å². The topological polar surface area (TPSA) is 83.8 Å². The van der Waals surface area contributed by atoms with Crippen LogP contribution in [0.2, 0.25) is 0 Å². The highest BCUT2D eigenvalue weighted by Gasteiger charge is 2.20. The summed E-state index contributed by atoms with van der Waals surface area (Å²) in [6.45, 7) is 14.0. The number of H-pyrrole nitrogens is 1. The summed E-state index contributed by atoms with van der Waals surface area (Å²) in [6, 6.07) is 8.30. The molecule has 0 radical (unpaired) electrons. The van der Waals surface area contributed by atoms with Gasteiger partial charge in [-0.25, -0.2) is 9.67 Å². The van der Waals surface area contributed by atoms with Gasteiger partial charge in [-0.2, -0.15) is 5.10 Å². The first-order chi connectivity index (χ1) is 12.7. The lowest BCUT2D eigenvalue weighted by Crippen LogP contribution is -2.14. The lowest BCUT2D eigenvalue weighted by molar-refractivity contribution is 0.276. The monoisotopic (exact) mass is 370 g/mol. The average molecular weight is 370 g/mol. The summed E-state index contributed by atoms with van der Waals surface area (Å²) < 4.78 is 1.72. The molecule has 2 aromatic heterocycles. The van der Waals surface area contributed by atoms with Crippen LogP contribution in [0.15, 0.2) is 29.1 Å². The average Bonchev–Trinajstić information content (AvgIpc) is 3.01. The molecule has 0 aliphatic rings. The highest BCUT2D eigenvalue weighted by Crippen LogP contribution is 2.27. The summed E-state index contributed by atoms with van der Waals surface area (Å²) in [7, 11) is 0. The molecule has 0 aliphatic heterocycles. The first kappa shape index (κ1) is 20.8. The molecule has 0 saturated heterocycles. The van der Waals surface area contributed by atoms with Crippen molar-refractivity contribution in [3.63, 3.8) is 0 Å². The number of nitrogens with one attached hydrogen (secondary N) is 1. The first-order valence-electron chi connectivity index (χ1n) is 9.41. The van der Waals surface area contributed by atoms with Gasteiger partial charge in [0.05, 0.1) is 12.6 Å². The molecule has 1 aromatic carbocycles. The summed E-state index contributed by atoms with van der Waals surface area (Å²) in [4.78, 5) is 19.4. The van der Waals surface area contributed by atoms with Crippen LogP contribution in [0.1, 0.15) is 70.2 Å². The number of hydrogen-bond donors (Lipinski definition) is 2. The van der Waals surface area contributed by atoms with E-state index in [1.807, 2.05) is 20.8 Å². The van der Waals surface area contributed by atoms with Crippen LogP contribution in [-0.4, -0.2) is 24.9 Å². The fraction of sp³-hybridized carbons (Fsp3) is 0.476. The molecule has 27 heavy (non-hydrogen) atoms. The second-order valence-corrected chi connectivity index (χ2v) is 7.45. The maximum absolute atomic E-state index is 12.2. The van der Waals surface area contributed by atoms with Crippen LogP contribution in [0, 0.1) is 6.92 Å². The van der Waals surface area contributed by atoms with E-state index in [1.54, 1.807) is 11.6 Å². The Bertz CT molecular complexity index is 963. The van der Waals surface area contributed by atoms with Crippen molar-refractivity contribution >= 4 is 11.0 Å². The molecule has 0 amide bonds. The van der Waals surface area contributed by atoms with Crippen molar-refractivity contribution < 1.29 is 5.11 Å². The number of aromatic nitrogens is 4. The van der Waals surface area contributed by atoms with Crippen molar-refractivity contribution in [3.8, 4) is 0 Å². The Hall–Kier alpha value is -2.47. The van der Waals surface area contributed by atoms with E-state index < -0.39 is 0 Å². The quantitative estimate of drug-likeness (QED) is 0.733. The Labute approximate surface area is 160 Å². The highest BCUT2D eigenvalue weighted by atomic mass is 16.3. The predicted octanol–water partition coefficient (Wildman–Crippen LogP) is 3.85. The molecule has 0 fully saturated rings. The van der Waals surface area contributed by atoms with Gasteiger partial charge < -0.3 is 10.1 Å². The fourth-order valence-electron chi connectivity index (χ4n) is 3.01. The molecule has 2 heterocycles. The van der Waals surface area contributed by atoms with E-state index in [-0.39, 0.29) is 23.6 Å². The van der Waals surface area contributed by atoms with Crippen molar-refractivity contribution in [3.05, 3.63) is 57.3 Å². The lowest BCUT2D eigenvalue weighted by Gasteiger charge is -2.20. The summed E-state index contributed by atoms with van der Waals surface area (Å²) in [5, 5.41) is 14.4. The molecule has 1 atom stereocenters. The molecule has 6 nitrogen and oxygen atoms in total. The largest absolute Gasteiger partial charge is 0.390 e. The number of aliphatic hydroxyl groups excluding tert-OH is 1. The number of nitrogens with zero attached hydrogens (tertiary/aromatic N) is 3. The van der Waals surface area contributed by atoms with Crippen molar-refractivity contribution in [2.24, 2.45) is 0 Å². The van der Waals surface area contributed by atoms with Gasteiger partial charge in [0.15, 0.2) is 5.65 Å². The minimum absolute atomic E-state index is 0.0934. The van der Waals surface area contributed by atoms with Gasteiger partial charge >= 0.3 is 0 Å². The Morgan fingerprint density at radius 2 is 1.78 bits per heavy atom. The Balaban J connectivity index is 0.00000126. The molecule has 146 valence electrons. The zero-order chi connectivity index (χ0) is 20.4. The standard InChI is InChI=1S/C19H24N4O2.C2H6/c1-11(13-6-8-14(9-7-13)19(3,4)5)23-17-16(15(10-24)22-23)18(25)21-12(2)20-17;1-2/h6-9,11,24H,10H2,1-5H3,(H,20,21,25);1-2H3. The molecule has 0 saturated carbocycles. The Morgan fingerprint density at radius 1 is 1.19 bits per heavy atom. The Morgan fingerprint density at radius 3 is 2.30 bits per heavy atom. The van der Waals surface area contributed by atoms with E-state index in [9.17, 15) is 9.90 Å². The second kappa shape index (κ2) is 8.05. The van der Waals surface area contributed by atoms with Crippen molar-refractivity contribution in [1.82, 2.24) is 19.7 Å². The Kier molecular flexibility index (Phi) is 6.21. The molecule has 3 rings (SSSR count). The number of benzene rings is 1. The van der Waals surface area contributed by atoms with E-state index in [0.717, 1.165) is 5.56 Å². The molecule has 1 unspecified atom stereocenters. The van der Waals surface area contributed by atoms with E-state index in [0.29, 0.717) is 22.6 Å². The van der Waals surface area contributed by atoms with Gasteiger partial charge in [-0.3, -0.25) is 4.79 Å². The van der Waals surface area contributed by atoms with Gasteiger partial charge in [0.25, 0.3) is 5.56 Å². The maximum Gasteiger partial charge on any atom is 0.262 e. The molecule has 2 N–H and O–H groups in total. The van der Waals surface area contributed by atoms with Gasteiger partial charge in [0, 0.05) is 0 Å². The zero-order valence-electron chi connectivity index (χ0n) is 17.3. The van der Waals surface area contributed by atoms with Gasteiger partial charge in [-0.1, -0.05) is 58.9 Å². The molecule has 6 heteroatoms. The molecule has 3 aromatic rings. The summed E-state index contributed by atoms with van der Waals surface area (Å²) in [5.74, 6) is 0.526. The fourth-order valence-corrected chi connectivity index (χ4v) is 3.01. The van der Waals surface area contributed by atoms with E-state index in [2.05, 4.69) is 60.1 Å². The van der Waals surface area contributed by atoms with Crippen LogP contribution >= 0.6 is 0 Å². The minimum atomic E-state index is -0.299. The first-order valence-corrected chi connectivity index (χ1v) is 9.41. The molecular formula is C21H30N4O2. The van der Waals surface area contributed by atoms with Gasteiger partial charge in [0.2, 0.25) is 0 Å². The second-order valence-electron chi connectivity index (χ2n) is 7.45. The number of fused-ring (bicyclic) bond motifs is 1. The van der Waals surface area contributed by atoms with E-state index >= 15 is 0 Å². The molecule has 0 spiro atoms. The van der Waals surface area contributed by atoms with Crippen molar-refractivity contribution in [2.45, 2.75) is 66.5 Å². The SMILES string of the molecule is CC.Cc1nc2c(c(CO)nn2C(C)c2ccc(C(C)(C)C)cc2)c(=O)[nH]1. The van der Waals surface area contributed by atoms with Gasteiger partial charge in [-0.15, -0.1) is 0 Å².